The number of nitrogens with one attached hydrogen (secondary N) is 1. The van der Waals surface area contributed by atoms with Crippen LogP contribution in [0.1, 0.15) is 174 Å². The van der Waals surface area contributed by atoms with Crippen LogP contribution in [0.25, 0.3) is 0 Å². The van der Waals surface area contributed by atoms with Gasteiger partial charge in [0.25, 0.3) is 0 Å². The molecule has 0 fully saturated rings. The topological polar surface area (TPSA) is 131 Å². The smallest absolute Gasteiger partial charge is 0.387 e. The number of hydrogen-bond acceptors (Lipinski definition) is 6. The summed E-state index contributed by atoms with van der Waals surface area (Å²) in [5.74, 6) is -0.211. The molecule has 0 saturated carbocycles. The van der Waals surface area contributed by atoms with Crippen molar-refractivity contribution in [2.24, 2.45) is 5.73 Å². The van der Waals surface area contributed by atoms with E-state index in [4.69, 9.17) is 14.8 Å². The van der Waals surface area contributed by atoms with Gasteiger partial charge in [-0.05, 0) is 57.8 Å². The minimum absolute atomic E-state index is 0.0730. The first-order chi connectivity index (χ1) is 23.4. The van der Waals surface area contributed by atoms with Gasteiger partial charge < -0.3 is 21.1 Å². The van der Waals surface area contributed by atoms with Gasteiger partial charge in [-0.25, -0.2) is 4.57 Å². The molecule has 9 heteroatoms. The van der Waals surface area contributed by atoms with Gasteiger partial charge in [0.2, 0.25) is 5.91 Å². The highest BCUT2D eigenvalue weighted by atomic mass is 31.2. The van der Waals surface area contributed by atoms with Crippen molar-refractivity contribution in [2.75, 3.05) is 19.8 Å². The molecule has 0 rings (SSSR count). The molecular formula is C39H75N2O6P. The highest BCUT2D eigenvalue weighted by Gasteiger charge is 2.26. The molecule has 48 heavy (non-hydrogen) atoms. The van der Waals surface area contributed by atoms with E-state index in [1.807, 2.05) is 6.08 Å². The highest BCUT2D eigenvalue weighted by molar-refractivity contribution is 7.47. The zero-order valence-electron chi connectivity index (χ0n) is 31.0. The van der Waals surface area contributed by atoms with E-state index in [-0.39, 0.29) is 25.7 Å². The zero-order chi connectivity index (χ0) is 35.4. The van der Waals surface area contributed by atoms with Crippen molar-refractivity contribution in [1.82, 2.24) is 5.32 Å². The molecule has 0 aromatic heterocycles. The van der Waals surface area contributed by atoms with Crippen LogP contribution in [0.5, 0.6) is 0 Å². The van der Waals surface area contributed by atoms with Crippen LogP contribution < -0.4 is 11.1 Å². The van der Waals surface area contributed by atoms with Crippen molar-refractivity contribution in [3.05, 3.63) is 36.5 Å². The maximum atomic E-state index is 12.7. The van der Waals surface area contributed by atoms with Crippen LogP contribution in [0.2, 0.25) is 0 Å². The van der Waals surface area contributed by atoms with Gasteiger partial charge in [-0.1, -0.05) is 147 Å². The second-order valence-electron chi connectivity index (χ2n) is 13.1. The molecule has 0 aromatic rings. The van der Waals surface area contributed by atoms with E-state index in [0.717, 1.165) is 38.5 Å². The Hall–Kier alpha value is -1.28. The lowest BCUT2D eigenvalue weighted by Gasteiger charge is -2.23. The van der Waals surface area contributed by atoms with Gasteiger partial charge in [0.15, 0.2) is 0 Å². The summed E-state index contributed by atoms with van der Waals surface area (Å²) < 4.78 is 22.0. The Morgan fingerprint density at radius 1 is 0.667 bits per heavy atom. The quantitative estimate of drug-likeness (QED) is 0.0291. The molecule has 0 saturated heterocycles. The van der Waals surface area contributed by atoms with Crippen molar-refractivity contribution in [3.8, 4) is 0 Å². The Labute approximate surface area is 295 Å². The second-order valence-corrected chi connectivity index (χ2v) is 14.6. The van der Waals surface area contributed by atoms with Crippen LogP contribution in [0.15, 0.2) is 36.5 Å². The molecule has 0 heterocycles. The number of allylic oxidation sites excluding steroid dienone is 5. The molecule has 0 spiro atoms. The van der Waals surface area contributed by atoms with Crippen LogP contribution in [-0.2, 0) is 18.4 Å². The lowest BCUT2D eigenvalue weighted by atomic mass is 10.1. The van der Waals surface area contributed by atoms with Gasteiger partial charge in [0.05, 0.1) is 25.4 Å². The van der Waals surface area contributed by atoms with Gasteiger partial charge in [-0.15, -0.1) is 0 Å². The van der Waals surface area contributed by atoms with Crippen molar-refractivity contribution in [1.29, 1.82) is 0 Å². The Kier molecular flexibility index (Phi) is 34.6. The number of phosphoric acid groups is 1. The van der Waals surface area contributed by atoms with Crippen molar-refractivity contribution in [2.45, 2.75) is 187 Å². The third-order valence-corrected chi connectivity index (χ3v) is 9.42. The summed E-state index contributed by atoms with van der Waals surface area (Å²) in [5.41, 5.74) is 5.35. The van der Waals surface area contributed by atoms with Gasteiger partial charge in [-0.2, -0.15) is 0 Å². The average molecular weight is 699 g/mol. The molecular weight excluding hydrogens is 623 g/mol. The largest absolute Gasteiger partial charge is 0.472 e. The van der Waals surface area contributed by atoms with E-state index in [1.165, 1.54) is 116 Å². The second kappa shape index (κ2) is 35.5. The SMILES string of the molecule is CCCCCCCC/C=C\CCCCCCCCCC(=O)NC(COP(=O)(O)OCCN)C(O)/C=C/CC/C=C/CCCCCCCC. The van der Waals surface area contributed by atoms with Crippen LogP contribution in [0, 0.1) is 0 Å². The van der Waals surface area contributed by atoms with E-state index in [2.05, 4.69) is 43.5 Å². The van der Waals surface area contributed by atoms with Gasteiger partial charge >= 0.3 is 7.82 Å². The molecule has 3 unspecified atom stereocenters. The summed E-state index contributed by atoms with van der Waals surface area (Å²) in [7, 11) is -4.34. The third-order valence-electron chi connectivity index (χ3n) is 8.44. The molecule has 0 bridgehead atoms. The normalized spacial score (nSPS) is 14.7. The molecule has 0 radical (unpaired) electrons. The van der Waals surface area contributed by atoms with E-state index >= 15 is 0 Å². The predicted molar refractivity (Wildman–Crippen MR) is 203 cm³/mol. The molecule has 0 aliphatic carbocycles. The number of phosphoric ester groups is 1. The Bertz CT molecular complexity index is 850. The standard InChI is InChI=1S/C39H75N2O6P/c1-3-5-7-9-11-13-15-17-18-19-20-21-23-25-27-29-31-33-39(43)41-37(36-47-48(44,45)46-35-34-40)38(42)32-30-28-26-24-22-16-14-12-10-8-6-4-2/h17-18,22,24,30,32,37-38,42H,3-16,19-21,23,25-29,31,33-36,40H2,1-2H3,(H,41,43)(H,44,45)/b18-17-,24-22+,32-30+. The van der Waals surface area contributed by atoms with E-state index in [1.54, 1.807) is 6.08 Å². The molecule has 0 aliphatic heterocycles. The first-order valence-electron chi connectivity index (χ1n) is 19.6. The predicted octanol–water partition coefficient (Wildman–Crippen LogP) is 10.4. The zero-order valence-corrected chi connectivity index (χ0v) is 31.9. The number of aliphatic hydroxyl groups is 1. The minimum Gasteiger partial charge on any atom is -0.387 e. The summed E-state index contributed by atoms with van der Waals surface area (Å²) in [6, 6.07) is -0.876. The molecule has 5 N–H and O–H groups in total. The van der Waals surface area contributed by atoms with E-state index in [9.17, 15) is 19.4 Å². The Morgan fingerprint density at radius 2 is 1.10 bits per heavy atom. The van der Waals surface area contributed by atoms with Crippen LogP contribution in [-0.4, -0.2) is 47.8 Å². The summed E-state index contributed by atoms with van der Waals surface area (Å²) >= 11 is 0. The first kappa shape index (κ1) is 46.7. The number of amides is 1. The van der Waals surface area contributed by atoms with Crippen molar-refractivity contribution < 1.29 is 28.4 Å². The number of unbranched alkanes of at least 4 members (excludes halogenated alkanes) is 20. The fraction of sp³-hybridized carbons (Fsp3) is 0.821. The summed E-state index contributed by atoms with van der Waals surface area (Å²) in [5, 5.41) is 13.6. The number of nitrogens with two attached hydrogens (primary N) is 1. The summed E-state index contributed by atoms with van der Waals surface area (Å²) in [6.45, 7) is 4.07. The monoisotopic (exact) mass is 699 g/mol. The fourth-order valence-electron chi connectivity index (χ4n) is 5.43. The molecule has 3 atom stereocenters. The first-order valence-corrected chi connectivity index (χ1v) is 21.1. The third kappa shape index (κ3) is 33.2. The van der Waals surface area contributed by atoms with Gasteiger partial charge in [0, 0.05) is 13.0 Å². The summed E-state index contributed by atoms with van der Waals surface area (Å²) in [6.07, 6.45) is 40.5. The maximum Gasteiger partial charge on any atom is 0.472 e. The van der Waals surface area contributed by atoms with Gasteiger partial charge in [0.1, 0.15) is 0 Å². The Balaban J connectivity index is 4.31. The number of carbonyl (C=O) groups excluding carboxylic acids is 1. The molecule has 8 nitrogen and oxygen atoms in total. The number of aliphatic hydroxyl groups excluding tert-OH is 1. The number of rotatable bonds is 36. The maximum absolute atomic E-state index is 12.7. The molecule has 0 aromatic carbocycles. The molecule has 282 valence electrons. The lowest BCUT2D eigenvalue weighted by Crippen LogP contribution is -2.45. The number of carbonyl (C=O) groups is 1. The van der Waals surface area contributed by atoms with Crippen LogP contribution in [0.3, 0.4) is 0 Å². The highest BCUT2D eigenvalue weighted by Crippen LogP contribution is 2.43. The molecule has 1 amide bonds. The average Bonchev–Trinajstić information content (AvgIpc) is 3.07. The molecule has 0 aliphatic rings. The number of hydrogen-bond donors (Lipinski definition) is 4. The van der Waals surface area contributed by atoms with Crippen molar-refractivity contribution >= 4 is 13.7 Å². The summed E-state index contributed by atoms with van der Waals surface area (Å²) in [4.78, 5) is 22.6. The van der Waals surface area contributed by atoms with Crippen LogP contribution in [0.4, 0.5) is 0 Å². The Morgan fingerprint density at radius 3 is 1.60 bits per heavy atom. The van der Waals surface area contributed by atoms with Crippen molar-refractivity contribution in [3.63, 3.8) is 0 Å². The minimum atomic E-state index is -4.34. The van der Waals surface area contributed by atoms with E-state index < -0.39 is 20.0 Å². The van der Waals surface area contributed by atoms with Gasteiger partial charge in [-0.3, -0.25) is 13.8 Å². The van der Waals surface area contributed by atoms with E-state index in [0.29, 0.717) is 6.42 Å². The lowest BCUT2D eigenvalue weighted by molar-refractivity contribution is -0.123. The fourth-order valence-corrected chi connectivity index (χ4v) is 6.19. The van der Waals surface area contributed by atoms with Crippen LogP contribution >= 0.6 is 7.82 Å².